The third-order valence-corrected chi connectivity index (χ3v) is 7.78. The Labute approximate surface area is 210 Å². The van der Waals surface area contributed by atoms with Crippen LogP contribution in [0.3, 0.4) is 0 Å². The SMILES string of the molecule is Cc1ccc(-c2ccc([NH+]([O-])c3ccc(-c4ccc([NH+](C)[O-])cc4P)c(P)c3)cc2P)c(P)c1. The molecule has 0 bridgehead atoms. The Morgan fingerprint density at radius 1 is 0.529 bits per heavy atom. The molecule has 0 aliphatic rings. The molecular formula is C26H28N2O2P4. The molecule has 4 nitrogen and oxygen atoms in total. The molecule has 2 N–H and O–H groups in total. The maximum Gasteiger partial charge on any atom is 0.136 e. The minimum absolute atomic E-state index is 0.0153. The maximum atomic E-state index is 13.3. The lowest BCUT2D eigenvalue weighted by atomic mass is 10.0. The zero-order chi connectivity index (χ0) is 24.6. The molecule has 0 aliphatic carbocycles. The fourth-order valence-electron chi connectivity index (χ4n) is 4.02. The standard InChI is InChI=1S/C26H28N2O2P4/c1-15-3-7-19(23(31)11-15)21-9-5-17(13-25(21)33)28(30)18-6-10-22(26(34)14-18)20-8-4-16(27(2)29)12-24(20)32/h3-14,27-28H,31-34H2,1-2H3. The number of rotatable bonds is 5. The summed E-state index contributed by atoms with van der Waals surface area (Å²) in [6.45, 7) is 2.08. The monoisotopic (exact) mass is 524 g/mol. The molecule has 0 amide bonds. The molecule has 0 spiro atoms. The van der Waals surface area contributed by atoms with Crippen LogP contribution in [0.4, 0.5) is 17.1 Å². The lowest BCUT2D eigenvalue weighted by molar-refractivity contribution is -0.751. The Bertz CT molecular complexity index is 1380. The van der Waals surface area contributed by atoms with Crippen molar-refractivity contribution in [3.8, 4) is 22.3 Å². The van der Waals surface area contributed by atoms with E-state index in [0.717, 1.165) is 43.5 Å². The van der Waals surface area contributed by atoms with Crippen molar-refractivity contribution in [2.45, 2.75) is 6.92 Å². The number of benzene rings is 4. The number of quaternary nitrogens is 2. The molecule has 4 aromatic carbocycles. The summed E-state index contributed by atoms with van der Waals surface area (Å²) >= 11 is 0. The van der Waals surface area contributed by atoms with Crippen molar-refractivity contribution in [1.82, 2.24) is 0 Å². The van der Waals surface area contributed by atoms with Crippen LogP contribution in [0.5, 0.6) is 0 Å². The second-order valence-corrected chi connectivity index (χ2v) is 10.9. The Hall–Kier alpha value is -1.56. The van der Waals surface area contributed by atoms with Gasteiger partial charge in [-0.1, -0.05) is 23.8 Å². The average molecular weight is 524 g/mol. The second-order valence-electron chi connectivity index (χ2n) is 8.38. The van der Waals surface area contributed by atoms with Crippen LogP contribution in [0.25, 0.3) is 22.3 Å². The molecule has 34 heavy (non-hydrogen) atoms. The number of nitrogens with one attached hydrogen (secondary N) is 2. The minimum Gasteiger partial charge on any atom is -0.629 e. The number of aryl methyl sites for hydroxylation is 1. The van der Waals surface area contributed by atoms with Crippen molar-refractivity contribution in [2.75, 3.05) is 7.05 Å². The van der Waals surface area contributed by atoms with Gasteiger partial charge in [-0.15, -0.1) is 37.0 Å². The number of hydroxylamine groups is 1. The van der Waals surface area contributed by atoms with Crippen molar-refractivity contribution in [2.24, 2.45) is 0 Å². The Morgan fingerprint density at radius 3 is 1.26 bits per heavy atom. The van der Waals surface area contributed by atoms with Gasteiger partial charge in [0, 0.05) is 30.3 Å². The fraction of sp³-hybridized carbons (Fsp3) is 0.0769. The first-order valence-electron chi connectivity index (χ1n) is 10.8. The highest BCUT2D eigenvalue weighted by Gasteiger charge is 2.14. The summed E-state index contributed by atoms with van der Waals surface area (Å²) in [6.07, 6.45) is 0. The number of hydrogen-bond acceptors (Lipinski definition) is 2. The minimum atomic E-state index is -0.0153. The summed E-state index contributed by atoms with van der Waals surface area (Å²) in [5.41, 5.74) is 7.45. The first-order valence-corrected chi connectivity index (χ1v) is 13.1. The van der Waals surface area contributed by atoms with Crippen LogP contribution < -0.4 is 31.3 Å². The Balaban J connectivity index is 1.63. The molecular weight excluding hydrogens is 496 g/mol. The zero-order valence-electron chi connectivity index (χ0n) is 19.1. The van der Waals surface area contributed by atoms with Gasteiger partial charge in [0.1, 0.15) is 17.1 Å². The van der Waals surface area contributed by atoms with Gasteiger partial charge in [-0.25, -0.2) is 0 Å². The van der Waals surface area contributed by atoms with E-state index in [9.17, 15) is 10.4 Å². The topological polar surface area (TPSA) is 55.0 Å². The zero-order valence-corrected chi connectivity index (χ0v) is 23.7. The van der Waals surface area contributed by atoms with Crippen molar-refractivity contribution in [3.63, 3.8) is 0 Å². The van der Waals surface area contributed by atoms with Gasteiger partial charge in [0.05, 0.1) is 7.05 Å². The summed E-state index contributed by atoms with van der Waals surface area (Å²) in [5, 5.41) is 29.0. The normalized spacial score (nSPS) is 13.1. The van der Waals surface area contributed by atoms with Crippen LogP contribution in [-0.4, -0.2) is 7.05 Å². The maximum absolute atomic E-state index is 13.3. The third kappa shape index (κ3) is 5.32. The van der Waals surface area contributed by atoms with Gasteiger partial charge in [0.2, 0.25) is 0 Å². The Morgan fingerprint density at radius 2 is 0.882 bits per heavy atom. The largest absolute Gasteiger partial charge is 0.629 e. The van der Waals surface area contributed by atoms with Gasteiger partial charge < -0.3 is 20.5 Å². The van der Waals surface area contributed by atoms with Crippen LogP contribution in [0.15, 0.2) is 72.8 Å². The molecule has 0 saturated carbocycles. The van der Waals surface area contributed by atoms with Crippen LogP contribution in [0.2, 0.25) is 0 Å². The first kappa shape index (κ1) is 25.5. The summed E-state index contributed by atoms with van der Waals surface area (Å²) in [7, 11) is 12.6. The molecule has 6 unspecified atom stereocenters. The van der Waals surface area contributed by atoms with Gasteiger partial charge in [0.15, 0.2) is 0 Å². The van der Waals surface area contributed by atoms with E-state index < -0.39 is 0 Å². The molecule has 0 fully saturated rings. The predicted molar refractivity (Wildman–Crippen MR) is 159 cm³/mol. The van der Waals surface area contributed by atoms with E-state index in [0.29, 0.717) is 17.1 Å². The summed E-state index contributed by atoms with van der Waals surface area (Å²) in [5.74, 6) is 0. The molecule has 6 atom stereocenters. The number of hydrogen-bond donors (Lipinski definition) is 2. The van der Waals surface area contributed by atoms with E-state index in [1.165, 1.54) is 5.56 Å². The molecule has 8 heteroatoms. The van der Waals surface area contributed by atoms with Gasteiger partial charge >= 0.3 is 0 Å². The molecule has 0 aliphatic heterocycles. The highest BCUT2D eigenvalue weighted by Crippen LogP contribution is 2.24. The molecule has 0 saturated heterocycles. The van der Waals surface area contributed by atoms with Gasteiger partial charge in [-0.2, -0.15) is 0 Å². The highest BCUT2D eigenvalue weighted by molar-refractivity contribution is 7.29. The van der Waals surface area contributed by atoms with E-state index in [-0.39, 0.29) is 10.1 Å². The molecule has 4 aromatic rings. The van der Waals surface area contributed by atoms with Gasteiger partial charge in [-0.3, -0.25) is 0 Å². The van der Waals surface area contributed by atoms with E-state index in [4.69, 9.17) is 0 Å². The van der Waals surface area contributed by atoms with Crippen LogP contribution in [-0.2, 0) is 0 Å². The van der Waals surface area contributed by atoms with E-state index in [1.807, 2.05) is 54.6 Å². The average Bonchev–Trinajstić information content (AvgIpc) is 2.79. The van der Waals surface area contributed by atoms with Crippen LogP contribution in [0, 0.1) is 17.3 Å². The lowest BCUT2D eigenvalue weighted by Gasteiger charge is -2.23. The summed E-state index contributed by atoms with van der Waals surface area (Å²) in [4.78, 5) is 0. The predicted octanol–water partition coefficient (Wildman–Crippen LogP) is 2.32. The van der Waals surface area contributed by atoms with Gasteiger partial charge in [0.25, 0.3) is 0 Å². The fourth-order valence-corrected chi connectivity index (χ4v) is 5.83. The van der Waals surface area contributed by atoms with Crippen molar-refractivity contribution in [3.05, 3.63) is 88.8 Å². The van der Waals surface area contributed by atoms with E-state index in [1.54, 1.807) is 7.05 Å². The van der Waals surface area contributed by atoms with Crippen LogP contribution in [0.1, 0.15) is 5.56 Å². The van der Waals surface area contributed by atoms with E-state index in [2.05, 4.69) is 62.1 Å². The summed E-state index contributed by atoms with van der Waals surface area (Å²) in [6, 6.07) is 23.6. The Kier molecular flexibility index (Phi) is 7.95. The molecule has 0 radical (unpaired) electrons. The molecule has 0 heterocycles. The molecule has 4 rings (SSSR count). The summed E-state index contributed by atoms with van der Waals surface area (Å²) < 4.78 is 0. The van der Waals surface area contributed by atoms with Crippen molar-refractivity contribution < 1.29 is 10.1 Å². The van der Waals surface area contributed by atoms with E-state index >= 15 is 0 Å². The first-order chi connectivity index (χ1) is 16.2. The van der Waals surface area contributed by atoms with Crippen LogP contribution >= 0.6 is 37.0 Å². The molecule has 0 aromatic heterocycles. The highest BCUT2D eigenvalue weighted by atomic mass is 31.0. The van der Waals surface area contributed by atoms with Crippen molar-refractivity contribution >= 4 is 75.2 Å². The van der Waals surface area contributed by atoms with Crippen molar-refractivity contribution in [1.29, 1.82) is 0 Å². The van der Waals surface area contributed by atoms with Gasteiger partial charge in [-0.05, 0) is 74.7 Å². The molecule has 174 valence electrons. The third-order valence-electron chi connectivity index (χ3n) is 5.87. The lowest BCUT2D eigenvalue weighted by Crippen LogP contribution is -2.98. The smallest absolute Gasteiger partial charge is 0.136 e. The quantitative estimate of drug-likeness (QED) is 0.311. The second kappa shape index (κ2) is 10.6.